The number of fused-ring (bicyclic) bond motifs is 1. The number of rotatable bonds is 3. The van der Waals surface area contributed by atoms with Gasteiger partial charge in [0.15, 0.2) is 0 Å². The summed E-state index contributed by atoms with van der Waals surface area (Å²) in [6.45, 7) is 5.21. The van der Waals surface area contributed by atoms with Crippen LogP contribution in [0.15, 0.2) is 17.5 Å². The predicted molar refractivity (Wildman–Crippen MR) is 63.2 cm³/mol. The highest BCUT2D eigenvalue weighted by molar-refractivity contribution is 7.17. The van der Waals surface area contributed by atoms with Gasteiger partial charge < -0.3 is 5.32 Å². The lowest BCUT2D eigenvalue weighted by atomic mass is 10.2. The maximum Gasteiger partial charge on any atom is 0.0834 e. The number of aryl methyl sites for hydroxylation is 1. The number of pyridine rings is 1. The fourth-order valence-electron chi connectivity index (χ4n) is 1.51. The zero-order valence-electron chi connectivity index (χ0n) is 8.50. The molecule has 3 heteroatoms. The zero-order chi connectivity index (χ0) is 9.97. The van der Waals surface area contributed by atoms with Crippen LogP contribution in [0.4, 0.5) is 5.69 Å². The number of aromatic nitrogens is 1. The number of anilines is 1. The molecule has 2 nitrogen and oxygen atoms in total. The van der Waals surface area contributed by atoms with Gasteiger partial charge in [-0.1, -0.05) is 6.92 Å². The van der Waals surface area contributed by atoms with Crippen molar-refractivity contribution in [1.82, 2.24) is 4.98 Å². The molecule has 0 saturated carbocycles. The minimum atomic E-state index is 0.958. The maximum absolute atomic E-state index is 4.57. The molecule has 0 unspecified atom stereocenters. The SMILES string of the molecule is CCNc1cc(CC)nc2ccsc12. The van der Waals surface area contributed by atoms with Crippen LogP contribution in [0, 0.1) is 0 Å². The minimum absolute atomic E-state index is 0.958. The topological polar surface area (TPSA) is 24.9 Å². The average Bonchev–Trinajstić information content (AvgIpc) is 2.66. The Hall–Kier alpha value is -1.09. The number of nitrogens with one attached hydrogen (secondary N) is 1. The molecule has 2 aromatic heterocycles. The lowest BCUT2D eigenvalue weighted by molar-refractivity contribution is 1.06. The summed E-state index contributed by atoms with van der Waals surface area (Å²) < 4.78 is 1.27. The fraction of sp³-hybridized carbons (Fsp3) is 0.364. The van der Waals surface area contributed by atoms with Crippen molar-refractivity contribution >= 4 is 27.2 Å². The first-order valence-corrected chi connectivity index (χ1v) is 5.84. The summed E-state index contributed by atoms with van der Waals surface area (Å²) in [6.07, 6.45) is 0.990. The molecule has 0 radical (unpaired) electrons. The Morgan fingerprint density at radius 3 is 3.00 bits per heavy atom. The van der Waals surface area contributed by atoms with E-state index in [1.807, 2.05) is 0 Å². The summed E-state index contributed by atoms with van der Waals surface area (Å²) in [5.41, 5.74) is 3.50. The second kappa shape index (κ2) is 3.96. The lowest BCUT2D eigenvalue weighted by Crippen LogP contribution is -1.98. The highest BCUT2D eigenvalue weighted by Crippen LogP contribution is 2.28. The molecular formula is C11H14N2S. The number of thiophene rings is 1. The van der Waals surface area contributed by atoms with Crippen molar-refractivity contribution < 1.29 is 0 Å². The Bertz CT molecular complexity index is 434. The van der Waals surface area contributed by atoms with E-state index in [0.717, 1.165) is 24.2 Å². The first kappa shape index (κ1) is 9.46. The monoisotopic (exact) mass is 206 g/mol. The summed E-state index contributed by atoms with van der Waals surface area (Å²) in [5.74, 6) is 0. The smallest absolute Gasteiger partial charge is 0.0834 e. The Balaban J connectivity index is 2.58. The van der Waals surface area contributed by atoms with Crippen LogP contribution < -0.4 is 5.32 Å². The van der Waals surface area contributed by atoms with Crippen molar-refractivity contribution in [2.75, 3.05) is 11.9 Å². The molecule has 2 rings (SSSR count). The zero-order valence-corrected chi connectivity index (χ0v) is 9.32. The molecule has 0 saturated heterocycles. The van der Waals surface area contributed by atoms with Crippen molar-refractivity contribution in [3.8, 4) is 0 Å². The molecule has 14 heavy (non-hydrogen) atoms. The molecule has 0 aromatic carbocycles. The van der Waals surface area contributed by atoms with Gasteiger partial charge in [0.2, 0.25) is 0 Å². The van der Waals surface area contributed by atoms with Crippen molar-refractivity contribution in [3.05, 3.63) is 23.2 Å². The fourth-order valence-corrected chi connectivity index (χ4v) is 2.34. The third-order valence-corrected chi connectivity index (χ3v) is 3.13. The van der Waals surface area contributed by atoms with Gasteiger partial charge in [0.25, 0.3) is 0 Å². The molecule has 1 N–H and O–H groups in total. The van der Waals surface area contributed by atoms with E-state index in [1.165, 1.54) is 10.4 Å². The van der Waals surface area contributed by atoms with Crippen molar-refractivity contribution in [2.45, 2.75) is 20.3 Å². The molecular weight excluding hydrogens is 192 g/mol. The van der Waals surface area contributed by atoms with Gasteiger partial charge in [0, 0.05) is 12.2 Å². The number of hydrogen-bond acceptors (Lipinski definition) is 3. The van der Waals surface area contributed by atoms with E-state index in [2.05, 4.69) is 41.7 Å². The van der Waals surface area contributed by atoms with Gasteiger partial charge in [-0.25, -0.2) is 0 Å². The molecule has 2 heterocycles. The summed E-state index contributed by atoms with van der Waals surface area (Å²) in [6, 6.07) is 4.24. The van der Waals surface area contributed by atoms with Crippen LogP contribution in [0.2, 0.25) is 0 Å². The van der Waals surface area contributed by atoms with E-state index in [-0.39, 0.29) is 0 Å². The molecule has 0 aliphatic carbocycles. The predicted octanol–water partition coefficient (Wildman–Crippen LogP) is 3.29. The van der Waals surface area contributed by atoms with Crippen LogP contribution in [0.25, 0.3) is 10.2 Å². The normalized spacial score (nSPS) is 10.7. The molecule has 0 bridgehead atoms. The summed E-state index contributed by atoms with van der Waals surface area (Å²) in [5, 5.41) is 5.48. The quantitative estimate of drug-likeness (QED) is 0.833. The molecule has 74 valence electrons. The highest BCUT2D eigenvalue weighted by Gasteiger charge is 2.04. The molecule has 0 amide bonds. The first-order valence-electron chi connectivity index (χ1n) is 4.96. The second-order valence-corrected chi connectivity index (χ2v) is 4.10. The van der Waals surface area contributed by atoms with Gasteiger partial charge in [-0.05, 0) is 30.9 Å². The lowest BCUT2D eigenvalue weighted by Gasteiger charge is -2.06. The maximum atomic E-state index is 4.57. The van der Waals surface area contributed by atoms with Gasteiger partial charge in [-0.3, -0.25) is 4.98 Å². The molecule has 0 fully saturated rings. The van der Waals surface area contributed by atoms with Crippen LogP contribution in [0.1, 0.15) is 19.5 Å². The van der Waals surface area contributed by atoms with Gasteiger partial charge >= 0.3 is 0 Å². The summed E-state index contributed by atoms with van der Waals surface area (Å²) >= 11 is 1.75. The molecule has 0 aliphatic rings. The van der Waals surface area contributed by atoms with Crippen molar-refractivity contribution in [2.24, 2.45) is 0 Å². The van der Waals surface area contributed by atoms with Crippen LogP contribution in [0.3, 0.4) is 0 Å². The summed E-state index contributed by atoms with van der Waals surface area (Å²) in [4.78, 5) is 4.57. The van der Waals surface area contributed by atoms with Gasteiger partial charge in [-0.15, -0.1) is 11.3 Å². The van der Waals surface area contributed by atoms with E-state index >= 15 is 0 Å². The van der Waals surface area contributed by atoms with E-state index in [9.17, 15) is 0 Å². The molecule has 0 spiro atoms. The van der Waals surface area contributed by atoms with E-state index in [0.29, 0.717) is 0 Å². The van der Waals surface area contributed by atoms with Gasteiger partial charge in [0.05, 0.1) is 15.9 Å². The van der Waals surface area contributed by atoms with E-state index in [4.69, 9.17) is 0 Å². The van der Waals surface area contributed by atoms with E-state index < -0.39 is 0 Å². The molecule has 0 aliphatic heterocycles. The largest absolute Gasteiger partial charge is 0.384 e. The number of hydrogen-bond donors (Lipinski definition) is 1. The molecule has 0 atom stereocenters. The Labute approximate surface area is 88.0 Å². The first-order chi connectivity index (χ1) is 6.85. The van der Waals surface area contributed by atoms with E-state index in [1.54, 1.807) is 11.3 Å². The van der Waals surface area contributed by atoms with Crippen LogP contribution in [-0.2, 0) is 6.42 Å². The van der Waals surface area contributed by atoms with Crippen LogP contribution in [0.5, 0.6) is 0 Å². The van der Waals surface area contributed by atoms with Crippen LogP contribution in [-0.4, -0.2) is 11.5 Å². The third-order valence-electron chi connectivity index (χ3n) is 2.19. The average molecular weight is 206 g/mol. The van der Waals surface area contributed by atoms with Crippen LogP contribution >= 0.6 is 11.3 Å². The minimum Gasteiger partial charge on any atom is -0.384 e. The molecule has 2 aromatic rings. The Morgan fingerprint density at radius 2 is 2.29 bits per heavy atom. The van der Waals surface area contributed by atoms with Crippen molar-refractivity contribution in [1.29, 1.82) is 0 Å². The Kier molecular flexibility index (Phi) is 2.68. The third kappa shape index (κ3) is 1.60. The Morgan fingerprint density at radius 1 is 1.43 bits per heavy atom. The second-order valence-electron chi connectivity index (χ2n) is 3.18. The highest BCUT2D eigenvalue weighted by atomic mass is 32.1. The van der Waals surface area contributed by atoms with Crippen molar-refractivity contribution in [3.63, 3.8) is 0 Å². The van der Waals surface area contributed by atoms with Gasteiger partial charge in [-0.2, -0.15) is 0 Å². The van der Waals surface area contributed by atoms with Gasteiger partial charge in [0.1, 0.15) is 0 Å². The standard InChI is InChI=1S/C11H14N2S/c1-3-8-7-10(12-4-2)11-9(13-8)5-6-14-11/h5-7H,3-4H2,1-2H3,(H,12,13). The number of nitrogens with zero attached hydrogens (tertiary/aromatic N) is 1. The summed E-state index contributed by atoms with van der Waals surface area (Å²) in [7, 11) is 0.